The van der Waals surface area contributed by atoms with Crippen LogP contribution in [0.2, 0.25) is 0 Å². The second-order valence-corrected chi connectivity index (χ2v) is 6.85. The van der Waals surface area contributed by atoms with Crippen LogP contribution in [0.15, 0.2) is 18.2 Å². The molecular weight excluding hydrogens is 258 g/mol. The fourth-order valence-corrected chi connectivity index (χ4v) is 4.26. The van der Waals surface area contributed by atoms with Gasteiger partial charge in [-0.25, -0.2) is 0 Å². The molecule has 0 radical (unpaired) electrons. The van der Waals surface area contributed by atoms with Crippen LogP contribution in [0.1, 0.15) is 43.2 Å². The number of rotatable bonds is 5. The van der Waals surface area contributed by atoms with E-state index >= 15 is 0 Å². The molecule has 4 heteroatoms. The Kier molecular flexibility index (Phi) is 5.40. The van der Waals surface area contributed by atoms with Crippen molar-refractivity contribution < 1.29 is 8.95 Å². The number of hydrogen-bond donors (Lipinski definition) is 1. The lowest BCUT2D eigenvalue weighted by molar-refractivity contribution is 0.409. The second kappa shape index (κ2) is 7.06. The van der Waals surface area contributed by atoms with Crippen LogP contribution in [0.5, 0.6) is 5.75 Å². The van der Waals surface area contributed by atoms with Gasteiger partial charge < -0.3 is 10.5 Å². The van der Waals surface area contributed by atoms with E-state index < -0.39 is 10.8 Å². The molecule has 3 nitrogen and oxygen atoms in total. The maximum atomic E-state index is 12.4. The molecular formula is C15H23NO2S. The highest BCUT2D eigenvalue weighted by Crippen LogP contribution is 2.25. The predicted molar refractivity (Wildman–Crippen MR) is 79.6 cm³/mol. The third-order valence-electron chi connectivity index (χ3n) is 3.80. The molecule has 0 spiro atoms. The molecule has 1 aromatic rings. The third kappa shape index (κ3) is 3.80. The normalized spacial score (nSPS) is 18.2. The van der Waals surface area contributed by atoms with Crippen molar-refractivity contribution in [3.63, 3.8) is 0 Å². The zero-order valence-corrected chi connectivity index (χ0v) is 12.4. The molecule has 19 heavy (non-hydrogen) atoms. The molecule has 1 atom stereocenters. The predicted octanol–water partition coefficient (Wildman–Crippen LogP) is 2.74. The summed E-state index contributed by atoms with van der Waals surface area (Å²) < 4.78 is 17.7. The number of ether oxygens (including phenoxy) is 1. The van der Waals surface area contributed by atoms with Gasteiger partial charge in [0.2, 0.25) is 0 Å². The van der Waals surface area contributed by atoms with Crippen LogP contribution >= 0.6 is 0 Å². The van der Waals surface area contributed by atoms with E-state index in [-0.39, 0.29) is 0 Å². The molecule has 1 aromatic carbocycles. The fourth-order valence-electron chi connectivity index (χ4n) is 2.66. The van der Waals surface area contributed by atoms with Gasteiger partial charge >= 0.3 is 0 Å². The van der Waals surface area contributed by atoms with Crippen molar-refractivity contribution in [3.05, 3.63) is 29.3 Å². The molecule has 0 aliphatic heterocycles. The highest BCUT2D eigenvalue weighted by molar-refractivity contribution is 7.84. The number of nitrogens with two attached hydrogens (primary N) is 1. The zero-order valence-electron chi connectivity index (χ0n) is 11.6. The van der Waals surface area contributed by atoms with Gasteiger partial charge in [-0.2, -0.15) is 0 Å². The third-order valence-corrected chi connectivity index (χ3v) is 5.64. The lowest BCUT2D eigenvalue weighted by Crippen LogP contribution is -2.19. The topological polar surface area (TPSA) is 52.3 Å². The number of methoxy groups -OCH3 is 1. The van der Waals surface area contributed by atoms with Gasteiger partial charge in [-0.3, -0.25) is 4.21 Å². The van der Waals surface area contributed by atoms with Gasteiger partial charge in [-0.15, -0.1) is 0 Å². The first kappa shape index (κ1) is 14.5. The number of benzene rings is 1. The largest absolute Gasteiger partial charge is 0.496 e. The zero-order chi connectivity index (χ0) is 13.7. The minimum atomic E-state index is -0.763. The Morgan fingerprint density at radius 3 is 2.68 bits per heavy atom. The molecule has 1 unspecified atom stereocenters. The fraction of sp³-hybridized carbons (Fsp3) is 0.600. The van der Waals surface area contributed by atoms with Gasteiger partial charge in [0.1, 0.15) is 5.75 Å². The van der Waals surface area contributed by atoms with Crippen LogP contribution in [0.3, 0.4) is 0 Å². The summed E-state index contributed by atoms with van der Waals surface area (Å²) in [5.41, 5.74) is 7.73. The Hall–Kier alpha value is -0.870. The van der Waals surface area contributed by atoms with Gasteiger partial charge in [0.25, 0.3) is 0 Å². The summed E-state index contributed by atoms with van der Waals surface area (Å²) in [6.45, 7) is 0.467. The van der Waals surface area contributed by atoms with Crippen molar-refractivity contribution in [2.75, 3.05) is 7.11 Å². The van der Waals surface area contributed by atoms with E-state index in [0.29, 0.717) is 17.5 Å². The molecule has 2 rings (SSSR count). The van der Waals surface area contributed by atoms with Crippen molar-refractivity contribution >= 4 is 10.8 Å². The van der Waals surface area contributed by atoms with E-state index in [1.54, 1.807) is 7.11 Å². The summed E-state index contributed by atoms with van der Waals surface area (Å²) in [5.74, 6) is 1.44. The summed E-state index contributed by atoms with van der Waals surface area (Å²) in [4.78, 5) is 0. The van der Waals surface area contributed by atoms with Crippen LogP contribution < -0.4 is 10.5 Å². The van der Waals surface area contributed by atoms with Gasteiger partial charge in [0.15, 0.2) is 0 Å². The molecule has 0 bridgehead atoms. The highest BCUT2D eigenvalue weighted by atomic mass is 32.2. The minimum absolute atomic E-state index is 0.383. The van der Waals surface area contributed by atoms with Crippen LogP contribution in [-0.2, 0) is 23.1 Å². The van der Waals surface area contributed by atoms with Crippen LogP contribution in [0, 0.1) is 0 Å². The van der Waals surface area contributed by atoms with E-state index in [9.17, 15) is 4.21 Å². The van der Waals surface area contributed by atoms with Crippen molar-refractivity contribution in [1.82, 2.24) is 0 Å². The average Bonchev–Trinajstić information content (AvgIpc) is 2.48. The molecule has 1 saturated carbocycles. The van der Waals surface area contributed by atoms with E-state index in [1.165, 1.54) is 19.3 Å². The summed E-state index contributed by atoms with van der Waals surface area (Å²) in [6, 6.07) is 5.97. The summed E-state index contributed by atoms with van der Waals surface area (Å²) in [6.07, 6.45) is 5.99. The maximum Gasteiger partial charge on any atom is 0.123 e. The standard InChI is InChI=1S/C15H23NO2S/c1-18-15-9-12(7-8-13(15)10-16)11-19(17)14-5-3-2-4-6-14/h7-9,14H,2-6,10-11,16H2,1H3. The Labute approximate surface area is 118 Å². The van der Waals surface area contributed by atoms with Crippen LogP contribution in [-0.4, -0.2) is 16.6 Å². The molecule has 2 N–H and O–H groups in total. The molecule has 106 valence electrons. The van der Waals surface area contributed by atoms with Crippen LogP contribution in [0.25, 0.3) is 0 Å². The van der Waals surface area contributed by atoms with E-state index in [2.05, 4.69) is 0 Å². The van der Waals surface area contributed by atoms with Crippen molar-refractivity contribution in [2.24, 2.45) is 5.73 Å². The molecule has 1 fully saturated rings. The number of hydrogen-bond acceptors (Lipinski definition) is 3. The maximum absolute atomic E-state index is 12.4. The van der Waals surface area contributed by atoms with Crippen molar-refractivity contribution in [1.29, 1.82) is 0 Å². The quantitative estimate of drug-likeness (QED) is 0.903. The smallest absolute Gasteiger partial charge is 0.123 e. The summed E-state index contributed by atoms with van der Waals surface area (Å²) in [7, 11) is 0.886. The van der Waals surface area contributed by atoms with Gasteiger partial charge in [-0.1, -0.05) is 31.4 Å². The Morgan fingerprint density at radius 1 is 1.32 bits per heavy atom. The molecule has 1 aliphatic rings. The van der Waals surface area contributed by atoms with Crippen molar-refractivity contribution in [3.8, 4) is 5.75 Å². The van der Waals surface area contributed by atoms with Crippen LogP contribution in [0.4, 0.5) is 0 Å². The van der Waals surface area contributed by atoms with E-state index in [4.69, 9.17) is 10.5 Å². The molecule has 0 heterocycles. The SMILES string of the molecule is COc1cc(CS(=O)C2CCCCC2)ccc1CN. The monoisotopic (exact) mass is 281 g/mol. The first-order valence-electron chi connectivity index (χ1n) is 6.97. The van der Waals surface area contributed by atoms with Gasteiger partial charge in [0.05, 0.1) is 7.11 Å². The van der Waals surface area contributed by atoms with Gasteiger partial charge in [-0.05, 0) is 24.5 Å². The average molecular weight is 281 g/mol. The molecule has 1 aliphatic carbocycles. The second-order valence-electron chi connectivity index (χ2n) is 5.14. The Balaban J connectivity index is 2.03. The highest BCUT2D eigenvalue weighted by Gasteiger charge is 2.20. The first-order valence-corrected chi connectivity index (χ1v) is 8.36. The molecule has 0 saturated heterocycles. The summed E-state index contributed by atoms with van der Waals surface area (Å²) in [5, 5.41) is 0.383. The minimum Gasteiger partial charge on any atom is -0.496 e. The van der Waals surface area contributed by atoms with E-state index in [1.807, 2.05) is 18.2 Å². The molecule has 0 aromatic heterocycles. The Bertz CT molecular complexity index is 442. The molecule has 0 amide bonds. The summed E-state index contributed by atoms with van der Waals surface area (Å²) >= 11 is 0. The Morgan fingerprint density at radius 2 is 2.05 bits per heavy atom. The van der Waals surface area contributed by atoms with Crippen molar-refractivity contribution in [2.45, 2.75) is 49.7 Å². The first-order chi connectivity index (χ1) is 9.24. The lowest BCUT2D eigenvalue weighted by atomic mass is 10.0. The van der Waals surface area contributed by atoms with E-state index in [0.717, 1.165) is 29.7 Å². The lowest BCUT2D eigenvalue weighted by Gasteiger charge is -2.21. The van der Waals surface area contributed by atoms with Gasteiger partial charge in [0, 0.05) is 33.9 Å².